The van der Waals surface area contributed by atoms with Gasteiger partial charge < -0.3 is 10.6 Å². The summed E-state index contributed by atoms with van der Waals surface area (Å²) in [7, 11) is 0. The van der Waals surface area contributed by atoms with Gasteiger partial charge in [-0.1, -0.05) is 0 Å². The normalized spacial score (nSPS) is 33.4. The molecule has 3 rings (SSSR count). The molecule has 2 aliphatic heterocycles. The van der Waals surface area contributed by atoms with E-state index >= 15 is 0 Å². The van der Waals surface area contributed by atoms with E-state index in [1.807, 2.05) is 0 Å². The van der Waals surface area contributed by atoms with Crippen LogP contribution in [0.15, 0.2) is 0 Å². The summed E-state index contributed by atoms with van der Waals surface area (Å²) in [5, 5.41) is 5.81. The van der Waals surface area contributed by atoms with Crippen LogP contribution in [0, 0.1) is 0 Å². The monoisotopic (exact) mass is 237 g/mol. The van der Waals surface area contributed by atoms with Gasteiger partial charge in [0.2, 0.25) is 17.7 Å². The van der Waals surface area contributed by atoms with Crippen molar-refractivity contribution < 1.29 is 14.4 Å². The number of nitrogens with zero attached hydrogens (tertiary/aromatic N) is 1. The molecule has 2 unspecified atom stereocenters. The van der Waals surface area contributed by atoms with E-state index < -0.39 is 6.04 Å². The number of amides is 3. The van der Waals surface area contributed by atoms with Crippen LogP contribution in [0.2, 0.25) is 0 Å². The predicted molar refractivity (Wildman–Crippen MR) is 57.8 cm³/mol. The van der Waals surface area contributed by atoms with Crippen LogP contribution in [0.1, 0.15) is 25.7 Å². The lowest BCUT2D eigenvalue weighted by Gasteiger charge is -2.17. The Kier molecular flexibility index (Phi) is 2.39. The van der Waals surface area contributed by atoms with E-state index in [0.717, 1.165) is 12.8 Å². The molecule has 0 bridgehead atoms. The second-order valence-electron chi connectivity index (χ2n) is 4.96. The summed E-state index contributed by atoms with van der Waals surface area (Å²) in [6, 6.07) is -0.311. The summed E-state index contributed by atoms with van der Waals surface area (Å²) in [6.45, 7) is 0.542. The standard InChI is InChI=1S/C11H15N3O3/c15-9-3-6(5-12-9)13-8-4-10(16)14(11(8)17)7-1-2-7/h6-8,13H,1-5H2,(H,12,15). The third-order valence-electron chi connectivity index (χ3n) is 3.51. The summed E-state index contributed by atoms with van der Waals surface area (Å²) < 4.78 is 0. The third kappa shape index (κ3) is 1.93. The molecule has 6 nitrogen and oxygen atoms in total. The molecule has 1 saturated carbocycles. The molecule has 92 valence electrons. The van der Waals surface area contributed by atoms with Gasteiger partial charge in [-0.15, -0.1) is 0 Å². The van der Waals surface area contributed by atoms with Crippen LogP contribution in [-0.4, -0.2) is 47.3 Å². The first-order chi connectivity index (χ1) is 8.15. The number of hydrogen-bond acceptors (Lipinski definition) is 4. The van der Waals surface area contributed by atoms with Crippen molar-refractivity contribution in [3.63, 3.8) is 0 Å². The predicted octanol–water partition coefficient (Wildman–Crippen LogP) is -1.25. The molecule has 2 heterocycles. The molecule has 2 saturated heterocycles. The fourth-order valence-corrected chi connectivity index (χ4v) is 2.51. The second-order valence-corrected chi connectivity index (χ2v) is 4.96. The van der Waals surface area contributed by atoms with E-state index in [1.165, 1.54) is 4.90 Å². The Hall–Kier alpha value is -1.43. The summed E-state index contributed by atoms with van der Waals surface area (Å²) in [5.41, 5.74) is 0. The lowest BCUT2D eigenvalue weighted by Crippen LogP contribution is -2.45. The highest BCUT2D eigenvalue weighted by Gasteiger charge is 2.46. The largest absolute Gasteiger partial charge is 0.354 e. The minimum absolute atomic E-state index is 0.00155. The zero-order chi connectivity index (χ0) is 12.0. The first kappa shape index (κ1) is 10.7. The maximum Gasteiger partial charge on any atom is 0.247 e. The van der Waals surface area contributed by atoms with Crippen molar-refractivity contribution in [3.8, 4) is 0 Å². The zero-order valence-corrected chi connectivity index (χ0v) is 9.44. The fraction of sp³-hybridized carbons (Fsp3) is 0.727. The smallest absolute Gasteiger partial charge is 0.247 e. The van der Waals surface area contributed by atoms with Crippen molar-refractivity contribution in [2.24, 2.45) is 0 Å². The number of nitrogens with one attached hydrogen (secondary N) is 2. The number of carbonyl (C=O) groups is 3. The molecular formula is C11H15N3O3. The van der Waals surface area contributed by atoms with Gasteiger partial charge in [0.15, 0.2) is 0 Å². The molecule has 3 fully saturated rings. The summed E-state index contributed by atoms with van der Waals surface area (Å²) in [6.07, 6.45) is 2.50. The van der Waals surface area contributed by atoms with Crippen LogP contribution in [-0.2, 0) is 14.4 Å². The quantitative estimate of drug-likeness (QED) is 0.601. The molecule has 0 radical (unpaired) electrons. The van der Waals surface area contributed by atoms with Gasteiger partial charge in [-0.2, -0.15) is 0 Å². The van der Waals surface area contributed by atoms with Gasteiger partial charge in [0.25, 0.3) is 0 Å². The van der Waals surface area contributed by atoms with Gasteiger partial charge in [-0.25, -0.2) is 0 Å². The lowest BCUT2D eigenvalue weighted by atomic mass is 10.2. The van der Waals surface area contributed by atoms with E-state index in [0.29, 0.717) is 13.0 Å². The Morgan fingerprint density at radius 2 is 1.94 bits per heavy atom. The van der Waals surface area contributed by atoms with Crippen LogP contribution in [0.5, 0.6) is 0 Å². The van der Waals surface area contributed by atoms with Gasteiger partial charge in [-0.05, 0) is 12.8 Å². The molecule has 6 heteroatoms. The average Bonchev–Trinajstić information content (AvgIpc) is 2.96. The Labute approximate surface area is 98.7 Å². The third-order valence-corrected chi connectivity index (χ3v) is 3.51. The van der Waals surface area contributed by atoms with E-state index in [2.05, 4.69) is 10.6 Å². The van der Waals surface area contributed by atoms with Crippen molar-refractivity contribution in [3.05, 3.63) is 0 Å². The van der Waals surface area contributed by atoms with Gasteiger partial charge in [0.1, 0.15) is 0 Å². The van der Waals surface area contributed by atoms with Crippen LogP contribution >= 0.6 is 0 Å². The molecule has 0 aromatic rings. The molecule has 3 amide bonds. The first-order valence-corrected chi connectivity index (χ1v) is 6.04. The van der Waals surface area contributed by atoms with Crippen LogP contribution < -0.4 is 10.6 Å². The maximum atomic E-state index is 12.0. The van der Waals surface area contributed by atoms with Gasteiger partial charge in [-0.3, -0.25) is 19.3 Å². The number of hydrogen-bond donors (Lipinski definition) is 2. The van der Waals surface area contributed by atoms with E-state index in [-0.39, 0.29) is 36.2 Å². The summed E-state index contributed by atoms with van der Waals surface area (Å²) in [5.74, 6) is -0.192. The SMILES string of the molecule is O=C1CC(NC2CC(=O)N(C3CC3)C2=O)CN1. The average molecular weight is 237 g/mol. The Bertz CT molecular complexity index is 391. The topological polar surface area (TPSA) is 78.5 Å². The highest BCUT2D eigenvalue weighted by molar-refractivity contribution is 6.06. The minimum Gasteiger partial charge on any atom is -0.354 e. The van der Waals surface area contributed by atoms with Crippen molar-refractivity contribution in [1.29, 1.82) is 0 Å². The van der Waals surface area contributed by atoms with E-state index in [1.54, 1.807) is 0 Å². The lowest BCUT2D eigenvalue weighted by molar-refractivity contribution is -0.139. The molecule has 0 aromatic carbocycles. The van der Waals surface area contributed by atoms with E-state index in [9.17, 15) is 14.4 Å². The molecule has 2 N–H and O–H groups in total. The van der Waals surface area contributed by atoms with Gasteiger partial charge >= 0.3 is 0 Å². The molecule has 0 aromatic heterocycles. The zero-order valence-electron chi connectivity index (χ0n) is 9.44. The number of imide groups is 1. The highest BCUT2D eigenvalue weighted by Crippen LogP contribution is 2.31. The molecular weight excluding hydrogens is 222 g/mol. The summed E-state index contributed by atoms with van der Waals surface area (Å²) in [4.78, 5) is 36.1. The van der Waals surface area contributed by atoms with Gasteiger partial charge in [0.05, 0.1) is 12.5 Å². The maximum absolute atomic E-state index is 12.0. The number of rotatable bonds is 3. The minimum atomic E-state index is -0.430. The fourth-order valence-electron chi connectivity index (χ4n) is 2.51. The van der Waals surface area contributed by atoms with Crippen LogP contribution in [0.4, 0.5) is 0 Å². The van der Waals surface area contributed by atoms with E-state index in [4.69, 9.17) is 0 Å². The Balaban J connectivity index is 1.63. The van der Waals surface area contributed by atoms with Crippen LogP contribution in [0.3, 0.4) is 0 Å². The summed E-state index contributed by atoms with van der Waals surface area (Å²) >= 11 is 0. The Morgan fingerprint density at radius 3 is 2.53 bits per heavy atom. The van der Waals surface area contributed by atoms with Crippen LogP contribution in [0.25, 0.3) is 0 Å². The van der Waals surface area contributed by atoms with Crippen molar-refractivity contribution in [2.75, 3.05) is 6.54 Å². The molecule has 1 aliphatic carbocycles. The first-order valence-electron chi connectivity index (χ1n) is 6.04. The van der Waals surface area contributed by atoms with Gasteiger partial charge in [0, 0.05) is 25.0 Å². The molecule has 2 atom stereocenters. The van der Waals surface area contributed by atoms with Crippen molar-refractivity contribution in [1.82, 2.24) is 15.5 Å². The Morgan fingerprint density at radius 1 is 1.18 bits per heavy atom. The second kappa shape index (κ2) is 3.80. The highest BCUT2D eigenvalue weighted by atomic mass is 16.2. The number of likely N-dealkylation sites (tertiary alicyclic amines) is 1. The molecule has 17 heavy (non-hydrogen) atoms. The van der Waals surface area contributed by atoms with Crippen molar-refractivity contribution in [2.45, 2.75) is 43.8 Å². The van der Waals surface area contributed by atoms with Crippen molar-refractivity contribution >= 4 is 17.7 Å². The molecule has 3 aliphatic rings. The number of carbonyl (C=O) groups excluding carboxylic acids is 3. The molecule has 0 spiro atoms.